The number of H-pyrrole nitrogens is 1. The highest BCUT2D eigenvalue weighted by molar-refractivity contribution is 5.94. The highest BCUT2D eigenvalue weighted by Crippen LogP contribution is 2.17. The zero-order chi connectivity index (χ0) is 17.9. The van der Waals surface area contributed by atoms with Crippen molar-refractivity contribution >= 4 is 11.7 Å². The van der Waals surface area contributed by atoms with Crippen molar-refractivity contribution < 1.29 is 4.79 Å². The number of aromatic nitrogens is 3. The molecule has 26 heavy (non-hydrogen) atoms. The SMILES string of the molecule is CN1CCN(c2cc(CNC(=O)c3n[nH]c4c3CNCC4)ccn2)CC1. The second-order valence-corrected chi connectivity index (χ2v) is 6.95. The molecule has 8 nitrogen and oxygen atoms in total. The number of nitrogens with zero attached hydrogens (tertiary/aromatic N) is 4. The second-order valence-electron chi connectivity index (χ2n) is 6.95. The van der Waals surface area contributed by atoms with E-state index in [-0.39, 0.29) is 5.91 Å². The van der Waals surface area contributed by atoms with E-state index in [1.165, 1.54) is 0 Å². The van der Waals surface area contributed by atoms with Crippen LogP contribution in [-0.2, 0) is 19.5 Å². The monoisotopic (exact) mass is 355 g/mol. The molecular formula is C18H25N7O. The number of rotatable bonds is 4. The Hall–Kier alpha value is -2.45. The smallest absolute Gasteiger partial charge is 0.272 e. The first-order valence-electron chi connectivity index (χ1n) is 9.14. The Morgan fingerprint density at radius 2 is 2.15 bits per heavy atom. The van der Waals surface area contributed by atoms with E-state index in [0.29, 0.717) is 18.8 Å². The van der Waals surface area contributed by atoms with Gasteiger partial charge in [0.25, 0.3) is 5.91 Å². The lowest BCUT2D eigenvalue weighted by molar-refractivity contribution is 0.0944. The fourth-order valence-corrected chi connectivity index (χ4v) is 3.46. The average molecular weight is 355 g/mol. The maximum atomic E-state index is 12.5. The van der Waals surface area contributed by atoms with Crippen molar-refractivity contribution in [1.29, 1.82) is 0 Å². The maximum Gasteiger partial charge on any atom is 0.272 e. The van der Waals surface area contributed by atoms with E-state index in [4.69, 9.17) is 0 Å². The van der Waals surface area contributed by atoms with E-state index in [1.807, 2.05) is 12.3 Å². The van der Waals surface area contributed by atoms with Crippen molar-refractivity contribution in [2.45, 2.75) is 19.5 Å². The highest BCUT2D eigenvalue weighted by Gasteiger charge is 2.21. The van der Waals surface area contributed by atoms with E-state index < -0.39 is 0 Å². The van der Waals surface area contributed by atoms with Crippen LogP contribution >= 0.6 is 0 Å². The zero-order valence-electron chi connectivity index (χ0n) is 15.1. The molecule has 4 rings (SSSR count). The van der Waals surface area contributed by atoms with Gasteiger partial charge in [-0.15, -0.1) is 0 Å². The fraction of sp³-hybridized carbons (Fsp3) is 0.500. The summed E-state index contributed by atoms with van der Waals surface area (Å²) in [4.78, 5) is 21.6. The molecule has 3 N–H and O–H groups in total. The number of anilines is 1. The summed E-state index contributed by atoms with van der Waals surface area (Å²) in [7, 11) is 2.14. The molecule has 0 saturated carbocycles. The first kappa shape index (κ1) is 17.0. The van der Waals surface area contributed by atoms with Crippen LogP contribution < -0.4 is 15.5 Å². The molecule has 0 unspecified atom stereocenters. The normalized spacial score (nSPS) is 17.8. The number of hydrogen-bond donors (Lipinski definition) is 3. The summed E-state index contributed by atoms with van der Waals surface area (Å²) in [5, 5.41) is 13.5. The Morgan fingerprint density at radius 1 is 1.31 bits per heavy atom. The molecule has 138 valence electrons. The molecule has 2 aromatic rings. The summed E-state index contributed by atoms with van der Waals surface area (Å²) in [6.45, 7) is 6.12. The molecule has 0 bridgehead atoms. The molecular weight excluding hydrogens is 330 g/mol. The van der Waals surface area contributed by atoms with E-state index >= 15 is 0 Å². The van der Waals surface area contributed by atoms with E-state index in [0.717, 1.165) is 61.8 Å². The van der Waals surface area contributed by atoms with Gasteiger partial charge in [0.1, 0.15) is 5.82 Å². The third-order valence-corrected chi connectivity index (χ3v) is 5.11. The molecule has 1 fully saturated rings. The molecule has 1 amide bonds. The Kier molecular flexibility index (Phi) is 4.85. The van der Waals surface area contributed by atoms with Crippen LogP contribution in [0.25, 0.3) is 0 Å². The van der Waals surface area contributed by atoms with Crippen molar-refractivity contribution in [2.75, 3.05) is 44.7 Å². The highest BCUT2D eigenvalue weighted by atomic mass is 16.1. The first-order valence-corrected chi connectivity index (χ1v) is 9.14. The Bertz CT molecular complexity index is 780. The number of carbonyl (C=O) groups is 1. The first-order chi connectivity index (χ1) is 12.7. The molecule has 0 radical (unpaired) electrons. The van der Waals surface area contributed by atoms with Crippen LogP contribution in [0.5, 0.6) is 0 Å². The standard InChI is InChI=1S/C18H25N7O/c1-24-6-8-25(9-7-24)16-10-13(2-5-20-16)11-21-18(26)17-14-12-19-4-3-15(14)22-23-17/h2,5,10,19H,3-4,6-9,11-12H2,1H3,(H,21,26)(H,22,23). The van der Waals surface area contributed by atoms with Gasteiger partial charge in [0.05, 0.1) is 0 Å². The van der Waals surface area contributed by atoms with Crippen molar-refractivity contribution in [3.63, 3.8) is 0 Å². The summed E-state index contributed by atoms with van der Waals surface area (Å²) in [5.74, 6) is 0.843. The summed E-state index contributed by atoms with van der Waals surface area (Å²) in [6, 6.07) is 4.01. The Morgan fingerprint density at radius 3 is 3.00 bits per heavy atom. The number of piperazine rings is 1. The minimum Gasteiger partial charge on any atom is -0.354 e. The van der Waals surface area contributed by atoms with Crippen molar-refractivity contribution in [3.8, 4) is 0 Å². The molecule has 4 heterocycles. The van der Waals surface area contributed by atoms with Gasteiger partial charge in [0, 0.05) is 69.7 Å². The van der Waals surface area contributed by atoms with Gasteiger partial charge in [-0.1, -0.05) is 0 Å². The number of aromatic amines is 1. The van der Waals surface area contributed by atoms with Crippen molar-refractivity contribution in [2.24, 2.45) is 0 Å². The van der Waals surface area contributed by atoms with Crippen LogP contribution in [0.1, 0.15) is 27.3 Å². The van der Waals surface area contributed by atoms with Gasteiger partial charge in [-0.05, 0) is 24.7 Å². The number of carbonyl (C=O) groups excluding carboxylic acids is 1. The number of nitrogens with one attached hydrogen (secondary N) is 3. The van der Waals surface area contributed by atoms with Crippen LogP contribution in [0.15, 0.2) is 18.3 Å². The lowest BCUT2D eigenvalue weighted by atomic mass is 10.1. The third-order valence-electron chi connectivity index (χ3n) is 5.11. The molecule has 2 aliphatic heterocycles. The minimum atomic E-state index is -0.135. The van der Waals surface area contributed by atoms with Gasteiger partial charge < -0.3 is 20.4 Å². The molecule has 2 aliphatic rings. The molecule has 0 aliphatic carbocycles. The number of amides is 1. The van der Waals surface area contributed by atoms with Crippen LogP contribution in [0.3, 0.4) is 0 Å². The van der Waals surface area contributed by atoms with E-state index in [9.17, 15) is 4.79 Å². The van der Waals surface area contributed by atoms with Gasteiger partial charge in [-0.2, -0.15) is 5.10 Å². The summed E-state index contributed by atoms with van der Waals surface area (Å²) < 4.78 is 0. The molecule has 0 spiro atoms. The van der Waals surface area contributed by atoms with Crippen molar-refractivity contribution in [1.82, 2.24) is 30.7 Å². The lowest BCUT2D eigenvalue weighted by Gasteiger charge is -2.33. The van der Waals surface area contributed by atoms with E-state index in [2.05, 4.69) is 48.7 Å². The topological polar surface area (TPSA) is 89.2 Å². The largest absolute Gasteiger partial charge is 0.354 e. The quantitative estimate of drug-likeness (QED) is 0.723. The predicted octanol–water partition coefficient (Wildman–Crippen LogP) is 0.132. The zero-order valence-corrected chi connectivity index (χ0v) is 15.1. The fourth-order valence-electron chi connectivity index (χ4n) is 3.46. The molecule has 2 aromatic heterocycles. The van der Waals surface area contributed by atoms with Crippen LogP contribution in [-0.4, -0.2) is 65.8 Å². The van der Waals surface area contributed by atoms with E-state index in [1.54, 1.807) is 0 Å². The van der Waals surface area contributed by atoms with Gasteiger partial charge in [0.15, 0.2) is 5.69 Å². The van der Waals surface area contributed by atoms with Crippen molar-refractivity contribution in [3.05, 3.63) is 40.8 Å². The van der Waals surface area contributed by atoms with Gasteiger partial charge in [0.2, 0.25) is 0 Å². The van der Waals surface area contributed by atoms with Crippen LogP contribution in [0.4, 0.5) is 5.82 Å². The maximum absolute atomic E-state index is 12.5. The number of fused-ring (bicyclic) bond motifs is 1. The molecule has 1 saturated heterocycles. The van der Waals surface area contributed by atoms with Gasteiger partial charge >= 0.3 is 0 Å². The number of pyridine rings is 1. The molecule has 0 aromatic carbocycles. The third kappa shape index (κ3) is 3.56. The minimum absolute atomic E-state index is 0.135. The van der Waals surface area contributed by atoms with Gasteiger partial charge in [-0.25, -0.2) is 4.98 Å². The van der Waals surface area contributed by atoms with Gasteiger partial charge in [-0.3, -0.25) is 9.89 Å². The summed E-state index contributed by atoms with van der Waals surface area (Å²) in [6.07, 6.45) is 2.70. The summed E-state index contributed by atoms with van der Waals surface area (Å²) in [5.41, 5.74) is 3.60. The second kappa shape index (κ2) is 7.43. The molecule has 0 atom stereocenters. The lowest BCUT2D eigenvalue weighted by Crippen LogP contribution is -2.44. The number of likely N-dealkylation sites (N-methyl/N-ethyl adjacent to an activating group) is 1. The Balaban J connectivity index is 1.39. The summed E-state index contributed by atoms with van der Waals surface area (Å²) >= 11 is 0. The molecule has 8 heteroatoms. The Labute approximate surface area is 153 Å². The van der Waals surface area contributed by atoms with Crippen LogP contribution in [0, 0.1) is 0 Å². The number of hydrogen-bond acceptors (Lipinski definition) is 6. The average Bonchev–Trinajstić information content (AvgIpc) is 3.11. The predicted molar refractivity (Wildman–Crippen MR) is 99.1 cm³/mol. The van der Waals surface area contributed by atoms with Crippen LogP contribution in [0.2, 0.25) is 0 Å².